The van der Waals surface area contributed by atoms with Crippen LogP contribution in [0.15, 0.2) is 61.1 Å². The van der Waals surface area contributed by atoms with Crippen molar-refractivity contribution in [2.75, 3.05) is 12.4 Å². The van der Waals surface area contributed by atoms with Gasteiger partial charge in [0.05, 0.1) is 23.4 Å². The zero-order valence-electron chi connectivity index (χ0n) is 12.4. The smallest absolute Gasteiger partial charge is 0.260 e. The van der Waals surface area contributed by atoms with Crippen molar-refractivity contribution in [3.05, 3.63) is 71.6 Å². The van der Waals surface area contributed by atoms with Crippen LogP contribution in [0.5, 0.6) is 5.75 Å². The maximum Gasteiger partial charge on any atom is 0.260 e. The molecule has 0 aliphatic rings. The largest absolute Gasteiger partial charge is 0.496 e. The lowest BCUT2D eigenvalue weighted by Gasteiger charge is -2.13. The van der Waals surface area contributed by atoms with Gasteiger partial charge in [-0.1, -0.05) is 17.7 Å². The SMILES string of the molecule is COc1cc(-n2cccc2)c(Cl)cc1C(=O)Nc1ccccn1. The zero-order chi connectivity index (χ0) is 16.2. The Balaban J connectivity index is 1.96. The monoisotopic (exact) mass is 327 g/mol. The van der Waals surface area contributed by atoms with Gasteiger partial charge in [-0.3, -0.25) is 4.79 Å². The molecule has 2 aromatic heterocycles. The molecule has 6 heteroatoms. The van der Waals surface area contributed by atoms with Gasteiger partial charge in [0.15, 0.2) is 0 Å². The van der Waals surface area contributed by atoms with Crippen molar-refractivity contribution in [2.24, 2.45) is 0 Å². The number of carbonyl (C=O) groups excluding carboxylic acids is 1. The lowest BCUT2D eigenvalue weighted by atomic mass is 10.1. The van der Waals surface area contributed by atoms with E-state index in [1.165, 1.54) is 7.11 Å². The summed E-state index contributed by atoms with van der Waals surface area (Å²) in [5.74, 6) is 0.568. The Hall–Kier alpha value is -2.79. The minimum absolute atomic E-state index is 0.332. The second kappa shape index (κ2) is 6.54. The van der Waals surface area contributed by atoms with E-state index in [4.69, 9.17) is 16.3 Å². The molecule has 0 saturated carbocycles. The number of nitrogens with zero attached hydrogens (tertiary/aromatic N) is 2. The maximum atomic E-state index is 12.4. The number of rotatable bonds is 4. The number of halogens is 1. The third-order valence-electron chi connectivity index (χ3n) is 3.30. The van der Waals surface area contributed by atoms with E-state index in [0.717, 1.165) is 5.69 Å². The van der Waals surface area contributed by atoms with Gasteiger partial charge >= 0.3 is 0 Å². The molecule has 0 fully saturated rings. The van der Waals surface area contributed by atoms with Crippen LogP contribution in [-0.2, 0) is 0 Å². The minimum Gasteiger partial charge on any atom is -0.496 e. The molecule has 0 bridgehead atoms. The highest BCUT2D eigenvalue weighted by Crippen LogP contribution is 2.30. The topological polar surface area (TPSA) is 56.1 Å². The molecule has 0 radical (unpaired) electrons. The zero-order valence-corrected chi connectivity index (χ0v) is 13.1. The summed E-state index contributed by atoms with van der Waals surface area (Å²) < 4.78 is 7.20. The summed E-state index contributed by atoms with van der Waals surface area (Å²) in [6, 6.07) is 12.4. The van der Waals surface area contributed by atoms with Crippen LogP contribution in [0.1, 0.15) is 10.4 Å². The lowest BCUT2D eigenvalue weighted by Crippen LogP contribution is -2.14. The van der Waals surface area contributed by atoms with Crippen LogP contribution >= 0.6 is 11.6 Å². The van der Waals surface area contributed by atoms with Crippen LogP contribution in [-0.4, -0.2) is 22.6 Å². The predicted octanol–water partition coefficient (Wildman–Crippen LogP) is 3.79. The molecular weight excluding hydrogens is 314 g/mol. The Labute approximate surface area is 138 Å². The first-order valence-corrected chi connectivity index (χ1v) is 7.30. The van der Waals surface area contributed by atoms with Crippen molar-refractivity contribution in [1.82, 2.24) is 9.55 Å². The molecule has 3 rings (SSSR count). The number of aromatic nitrogens is 2. The van der Waals surface area contributed by atoms with Crippen LogP contribution in [0, 0.1) is 0 Å². The summed E-state index contributed by atoms with van der Waals surface area (Å²) in [7, 11) is 1.51. The number of hydrogen-bond acceptors (Lipinski definition) is 3. The second-order valence-corrected chi connectivity index (χ2v) is 5.17. The predicted molar refractivity (Wildman–Crippen MR) is 89.5 cm³/mol. The fourth-order valence-corrected chi connectivity index (χ4v) is 2.46. The van der Waals surface area contributed by atoms with Crippen LogP contribution in [0.25, 0.3) is 5.69 Å². The average molecular weight is 328 g/mol. The molecule has 0 saturated heterocycles. The third-order valence-corrected chi connectivity index (χ3v) is 3.61. The number of methoxy groups -OCH3 is 1. The molecule has 1 amide bonds. The Morgan fingerprint density at radius 2 is 2.00 bits per heavy atom. The maximum absolute atomic E-state index is 12.4. The first kappa shape index (κ1) is 15.1. The first-order chi connectivity index (χ1) is 11.2. The summed E-state index contributed by atoms with van der Waals surface area (Å²) in [6.07, 6.45) is 5.34. The highest BCUT2D eigenvalue weighted by Gasteiger charge is 2.17. The van der Waals surface area contributed by atoms with Gasteiger partial charge in [-0.05, 0) is 30.3 Å². The number of nitrogens with one attached hydrogen (secondary N) is 1. The Kier molecular flexibility index (Phi) is 4.30. The van der Waals surface area contributed by atoms with Gasteiger partial charge in [-0.25, -0.2) is 4.98 Å². The third kappa shape index (κ3) is 3.19. The molecule has 0 atom stereocenters. The average Bonchev–Trinajstić information content (AvgIpc) is 3.09. The summed E-state index contributed by atoms with van der Waals surface area (Å²) >= 11 is 6.32. The number of carbonyl (C=O) groups is 1. The molecule has 0 spiro atoms. The number of hydrogen-bond donors (Lipinski definition) is 1. The summed E-state index contributed by atoms with van der Waals surface area (Å²) in [5, 5.41) is 3.17. The van der Waals surface area contributed by atoms with Gasteiger partial charge in [-0.2, -0.15) is 0 Å². The summed E-state index contributed by atoms with van der Waals surface area (Å²) in [5.41, 5.74) is 1.09. The van der Waals surface area contributed by atoms with E-state index in [1.807, 2.05) is 29.1 Å². The van der Waals surface area contributed by atoms with E-state index in [9.17, 15) is 4.79 Å². The number of ether oxygens (including phenoxy) is 1. The molecule has 1 N–H and O–H groups in total. The molecule has 0 aliphatic carbocycles. The van der Waals surface area contributed by atoms with Crippen LogP contribution in [0.3, 0.4) is 0 Å². The number of pyridine rings is 1. The molecule has 23 heavy (non-hydrogen) atoms. The minimum atomic E-state index is -0.332. The van der Waals surface area contributed by atoms with Crippen LogP contribution in [0.2, 0.25) is 5.02 Å². The van der Waals surface area contributed by atoms with Crippen molar-refractivity contribution in [3.63, 3.8) is 0 Å². The summed E-state index contributed by atoms with van der Waals surface area (Å²) in [6.45, 7) is 0. The van der Waals surface area contributed by atoms with Gasteiger partial charge in [0.25, 0.3) is 5.91 Å². The van der Waals surface area contributed by atoms with E-state index in [2.05, 4.69) is 10.3 Å². The normalized spacial score (nSPS) is 10.3. The highest BCUT2D eigenvalue weighted by atomic mass is 35.5. The molecule has 1 aromatic carbocycles. The van der Waals surface area contributed by atoms with Crippen LogP contribution < -0.4 is 10.1 Å². The Morgan fingerprint density at radius 3 is 2.65 bits per heavy atom. The molecule has 3 aromatic rings. The Morgan fingerprint density at radius 1 is 1.22 bits per heavy atom. The van der Waals surface area contributed by atoms with E-state index >= 15 is 0 Å². The lowest BCUT2D eigenvalue weighted by molar-refractivity contribution is 0.102. The van der Waals surface area contributed by atoms with Crippen molar-refractivity contribution < 1.29 is 9.53 Å². The quantitative estimate of drug-likeness (QED) is 0.793. The molecule has 0 unspecified atom stereocenters. The van der Waals surface area contributed by atoms with Gasteiger partial charge in [-0.15, -0.1) is 0 Å². The second-order valence-electron chi connectivity index (χ2n) is 4.76. The number of benzene rings is 1. The van der Waals surface area contributed by atoms with E-state index in [1.54, 1.807) is 36.5 Å². The molecular formula is C17H14ClN3O2. The molecule has 116 valence electrons. The fourth-order valence-electron chi connectivity index (χ4n) is 2.20. The van der Waals surface area contributed by atoms with Gasteiger partial charge in [0.1, 0.15) is 11.6 Å². The molecule has 2 heterocycles. The molecule has 5 nitrogen and oxygen atoms in total. The van der Waals surface area contributed by atoms with Crippen molar-refractivity contribution in [3.8, 4) is 11.4 Å². The Bertz CT molecular complexity index is 817. The summed E-state index contributed by atoms with van der Waals surface area (Å²) in [4.78, 5) is 16.5. The van der Waals surface area contributed by atoms with Crippen LogP contribution in [0.4, 0.5) is 5.82 Å². The molecule has 0 aliphatic heterocycles. The van der Waals surface area contributed by atoms with Crippen molar-refractivity contribution >= 4 is 23.3 Å². The van der Waals surface area contributed by atoms with Gasteiger partial charge < -0.3 is 14.6 Å². The van der Waals surface area contributed by atoms with E-state index in [0.29, 0.717) is 22.2 Å². The first-order valence-electron chi connectivity index (χ1n) is 6.92. The van der Waals surface area contributed by atoms with Crippen molar-refractivity contribution in [1.29, 1.82) is 0 Å². The highest BCUT2D eigenvalue weighted by molar-refractivity contribution is 6.33. The number of anilines is 1. The fraction of sp³-hybridized carbons (Fsp3) is 0.0588. The standard InChI is InChI=1S/C17H14ClN3O2/c1-23-15-11-14(21-8-4-5-9-21)13(18)10-12(15)17(22)20-16-6-2-3-7-19-16/h2-11H,1H3,(H,19,20,22). The van der Waals surface area contributed by atoms with Gasteiger partial charge in [0.2, 0.25) is 0 Å². The number of amides is 1. The van der Waals surface area contributed by atoms with E-state index in [-0.39, 0.29) is 5.91 Å². The van der Waals surface area contributed by atoms with E-state index < -0.39 is 0 Å². The van der Waals surface area contributed by atoms with Crippen molar-refractivity contribution in [2.45, 2.75) is 0 Å². The van der Waals surface area contributed by atoms with Gasteiger partial charge in [0, 0.05) is 24.7 Å².